The molecule has 30 heavy (non-hydrogen) atoms. The predicted molar refractivity (Wildman–Crippen MR) is 120 cm³/mol. The van der Waals surface area contributed by atoms with Crippen LogP contribution < -0.4 is 4.74 Å². The molecule has 0 bridgehead atoms. The molecular weight excluding hydrogens is 396 g/mol. The first-order valence-corrected chi connectivity index (χ1v) is 10.8. The fraction of sp³-hybridized carbons (Fsp3) is 0.391. The Bertz CT molecular complexity index is 1010. The van der Waals surface area contributed by atoms with E-state index in [9.17, 15) is 5.11 Å². The number of aliphatic hydroxyl groups excluding tert-OH is 1. The van der Waals surface area contributed by atoms with E-state index in [0.717, 1.165) is 60.8 Å². The minimum atomic E-state index is -0.187. The Balaban J connectivity index is 1.62. The highest BCUT2D eigenvalue weighted by atomic mass is 32.1. The highest BCUT2D eigenvalue weighted by Gasteiger charge is 2.19. The van der Waals surface area contributed by atoms with E-state index < -0.39 is 0 Å². The van der Waals surface area contributed by atoms with Gasteiger partial charge in [-0.15, -0.1) is 0 Å². The average Bonchev–Trinajstić information content (AvgIpc) is 3.10. The molecule has 1 aromatic heterocycles. The summed E-state index contributed by atoms with van der Waals surface area (Å²) in [5.41, 5.74) is 2.29. The molecule has 6 nitrogen and oxygen atoms in total. The number of methoxy groups -OCH3 is 1. The van der Waals surface area contributed by atoms with Crippen molar-refractivity contribution in [3.8, 4) is 17.1 Å². The van der Waals surface area contributed by atoms with Crippen molar-refractivity contribution in [1.29, 1.82) is 0 Å². The van der Waals surface area contributed by atoms with Crippen molar-refractivity contribution in [1.82, 2.24) is 19.2 Å². The molecule has 0 spiro atoms. The van der Waals surface area contributed by atoms with Crippen LogP contribution in [0.1, 0.15) is 18.4 Å². The van der Waals surface area contributed by atoms with E-state index >= 15 is 0 Å². The Morgan fingerprint density at radius 2 is 1.77 bits per heavy atom. The van der Waals surface area contributed by atoms with Gasteiger partial charge in [-0.25, -0.2) is 4.68 Å². The minimum Gasteiger partial charge on any atom is -0.497 e. The van der Waals surface area contributed by atoms with Gasteiger partial charge in [0.1, 0.15) is 5.75 Å². The number of nitrogens with zero attached hydrogens (tertiary/aromatic N) is 4. The molecule has 1 N–H and O–H groups in total. The summed E-state index contributed by atoms with van der Waals surface area (Å²) in [4.78, 5) is 2.30. The molecule has 7 heteroatoms. The second kappa shape index (κ2) is 9.55. The molecule has 158 valence electrons. The molecule has 2 aromatic carbocycles. The van der Waals surface area contributed by atoms with E-state index in [1.54, 1.807) is 7.11 Å². The highest BCUT2D eigenvalue weighted by molar-refractivity contribution is 7.71. The van der Waals surface area contributed by atoms with Crippen LogP contribution in [0, 0.1) is 4.77 Å². The van der Waals surface area contributed by atoms with Crippen molar-refractivity contribution in [2.24, 2.45) is 0 Å². The number of likely N-dealkylation sites (tertiary alicyclic amines) is 1. The number of ether oxygens (including phenoxy) is 1. The molecule has 1 aliphatic rings. The molecule has 0 amide bonds. The molecule has 0 atom stereocenters. The molecule has 3 aromatic rings. The number of benzene rings is 2. The van der Waals surface area contributed by atoms with E-state index in [4.69, 9.17) is 22.1 Å². The van der Waals surface area contributed by atoms with Gasteiger partial charge in [0.05, 0.1) is 19.9 Å². The fourth-order valence-corrected chi connectivity index (χ4v) is 4.10. The van der Waals surface area contributed by atoms with Crippen LogP contribution in [0.25, 0.3) is 11.4 Å². The molecule has 1 aliphatic heterocycles. The monoisotopic (exact) mass is 424 g/mol. The van der Waals surface area contributed by atoms with Crippen molar-refractivity contribution in [2.75, 3.05) is 20.2 Å². The van der Waals surface area contributed by atoms with Crippen molar-refractivity contribution in [3.63, 3.8) is 0 Å². The van der Waals surface area contributed by atoms with Crippen molar-refractivity contribution in [2.45, 2.75) is 38.6 Å². The number of hydrogen-bond acceptors (Lipinski definition) is 5. The maximum Gasteiger partial charge on any atom is 0.199 e. The third kappa shape index (κ3) is 4.80. The van der Waals surface area contributed by atoms with Gasteiger partial charge in [0, 0.05) is 25.2 Å². The van der Waals surface area contributed by atoms with Crippen molar-refractivity contribution >= 4 is 12.2 Å². The van der Waals surface area contributed by atoms with Gasteiger partial charge in [-0.2, -0.15) is 5.10 Å². The number of piperidine rings is 1. The van der Waals surface area contributed by atoms with Gasteiger partial charge in [-0.1, -0.05) is 30.3 Å². The molecule has 2 heterocycles. The van der Waals surface area contributed by atoms with Crippen LogP contribution >= 0.6 is 12.2 Å². The van der Waals surface area contributed by atoms with E-state index in [0.29, 0.717) is 6.67 Å². The van der Waals surface area contributed by atoms with E-state index in [2.05, 4.69) is 33.7 Å². The van der Waals surface area contributed by atoms with Crippen LogP contribution in [0.15, 0.2) is 54.6 Å². The van der Waals surface area contributed by atoms with Gasteiger partial charge >= 0.3 is 0 Å². The van der Waals surface area contributed by atoms with Crippen molar-refractivity contribution < 1.29 is 9.84 Å². The maximum atomic E-state index is 9.78. The predicted octanol–water partition coefficient (Wildman–Crippen LogP) is 3.75. The first-order valence-electron chi connectivity index (χ1n) is 10.4. The molecule has 1 saturated heterocycles. The van der Waals surface area contributed by atoms with Crippen LogP contribution in [0.2, 0.25) is 0 Å². The summed E-state index contributed by atoms with van der Waals surface area (Å²) in [6, 6.07) is 18.4. The third-order valence-corrected chi connectivity index (χ3v) is 6.06. The maximum absolute atomic E-state index is 9.78. The summed E-state index contributed by atoms with van der Waals surface area (Å²) in [5.74, 6) is 1.69. The summed E-state index contributed by atoms with van der Waals surface area (Å²) in [5, 5.41) is 14.7. The number of rotatable bonds is 7. The van der Waals surface area contributed by atoms with Crippen LogP contribution in [0.3, 0.4) is 0 Å². The molecule has 1 fully saturated rings. The average molecular weight is 425 g/mol. The quantitative estimate of drug-likeness (QED) is 0.586. The fourth-order valence-electron chi connectivity index (χ4n) is 3.82. The van der Waals surface area contributed by atoms with Gasteiger partial charge in [0.15, 0.2) is 10.6 Å². The standard InChI is InChI=1S/C23H28N4O2S/c1-29-21-9-7-19(8-10-21)22-24-27(17-25-14-12-20(28)13-15-25)23(30)26(22)16-11-18-5-3-2-4-6-18/h2-10,20,28H,11-17H2,1H3. The van der Waals surface area contributed by atoms with Gasteiger partial charge in [0.25, 0.3) is 0 Å². The second-order valence-electron chi connectivity index (χ2n) is 7.71. The first-order chi connectivity index (χ1) is 14.6. The van der Waals surface area contributed by atoms with Crippen LogP contribution in [-0.4, -0.2) is 50.7 Å². The zero-order chi connectivity index (χ0) is 20.9. The van der Waals surface area contributed by atoms with Crippen molar-refractivity contribution in [3.05, 3.63) is 64.9 Å². The lowest BCUT2D eigenvalue weighted by molar-refractivity contribution is 0.0650. The van der Waals surface area contributed by atoms with Gasteiger partial charge in [0.2, 0.25) is 0 Å². The van der Waals surface area contributed by atoms with E-state index in [-0.39, 0.29) is 6.10 Å². The Kier molecular flexibility index (Phi) is 6.62. The summed E-state index contributed by atoms with van der Waals surface area (Å²) in [7, 11) is 1.67. The lowest BCUT2D eigenvalue weighted by Gasteiger charge is -2.28. The Morgan fingerprint density at radius 3 is 2.43 bits per heavy atom. The lowest BCUT2D eigenvalue weighted by atomic mass is 10.1. The molecule has 0 saturated carbocycles. The van der Waals surface area contributed by atoms with Gasteiger partial charge in [-0.05, 0) is 61.3 Å². The Labute approximate surface area is 182 Å². The zero-order valence-corrected chi connectivity index (χ0v) is 18.1. The minimum absolute atomic E-state index is 0.187. The summed E-state index contributed by atoms with van der Waals surface area (Å²) in [6.45, 7) is 3.13. The molecule has 4 rings (SSSR count). The van der Waals surface area contributed by atoms with Gasteiger partial charge in [-0.3, -0.25) is 9.47 Å². The number of hydrogen-bond donors (Lipinski definition) is 1. The molecule has 0 radical (unpaired) electrons. The normalized spacial score (nSPS) is 15.4. The molecular formula is C23H28N4O2S. The van der Waals surface area contributed by atoms with Crippen LogP contribution in [-0.2, 0) is 19.6 Å². The van der Waals surface area contributed by atoms with E-state index in [1.165, 1.54) is 5.56 Å². The van der Waals surface area contributed by atoms with Gasteiger partial charge < -0.3 is 9.84 Å². The number of aromatic nitrogens is 3. The second-order valence-corrected chi connectivity index (χ2v) is 8.08. The summed E-state index contributed by atoms with van der Waals surface area (Å²) >= 11 is 5.83. The third-order valence-electron chi connectivity index (χ3n) is 5.63. The summed E-state index contributed by atoms with van der Waals surface area (Å²) in [6.07, 6.45) is 2.30. The zero-order valence-electron chi connectivity index (χ0n) is 17.3. The number of aryl methyl sites for hydroxylation is 1. The molecule has 0 aliphatic carbocycles. The lowest BCUT2D eigenvalue weighted by Crippen LogP contribution is -2.37. The number of aliphatic hydroxyl groups is 1. The largest absolute Gasteiger partial charge is 0.497 e. The summed E-state index contributed by atoms with van der Waals surface area (Å²) < 4.78 is 10.1. The highest BCUT2D eigenvalue weighted by Crippen LogP contribution is 2.23. The SMILES string of the molecule is COc1ccc(-c2nn(CN3CCC(O)CC3)c(=S)n2CCc2ccccc2)cc1. The van der Waals surface area contributed by atoms with Crippen LogP contribution in [0.5, 0.6) is 5.75 Å². The Hall–Kier alpha value is -2.48. The smallest absolute Gasteiger partial charge is 0.199 e. The topological polar surface area (TPSA) is 55.4 Å². The molecule has 0 unspecified atom stereocenters. The van der Waals surface area contributed by atoms with E-state index in [1.807, 2.05) is 35.0 Å². The Morgan fingerprint density at radius 1 is 1.07 bits per heavy atom. The van der Waals surface area contributed by atoms with Crippen LogP contribution in [0.4, 0.5) is 0 Å². The first kappa shape index (κ1) is 20.8.